The summed E-state index contributed by atoms with van der Waals surface area (Å²) >= 11 is 0. The summed E-state index contributed by atoms with van der Waals surface area (Å²) in [4.78, 5) is 14.8. The van der Waals surface area contributed by atoms with Crippen molar-refractivity contribution in [3.8, 4) is 5.75 Å². The van der Waals surface area contributed by atoms with E-state index in [1.165, 1.54) is 11.6 Å². The largest absolute Gasteiger partial charge is 0.492 e. The van der Waals surface area contributed by atoms with Gasteiger partial charge in [0, 0.05) is 25.6 Å². The van der Waals surface area contributed by atoms with Gasteiger partial charge in [0.25, 0.3) is 0 Å². The molecule has 0 amide bonds. The fourth-order valence-corrected chi connectivity index (χ4v) is 4.97. The van der Waals surface area contributed by atoms with E-state index in [1.54, 1.807) is 13.2 Å². The Balaban J connectivity index is 1.61. The number of likely N-dealkylation sites (N-methyl/N-ethyl adjacent to an activating group) is 1. The summed E-state index contributed by atoms with van der Waals surface area (Å²) in [5, 5.41) is 0. The topological polar surface area (TPSA) is 69.8 Å². The van der Waals surface area contributed by atoms with Crippen molar-refractivity contribution in [3.63, 3.8) is 0 Å². The molecule has 1 aliphatic carbocycles. The fourth-order valence-electron chi connectivity index (χ4n) is 4.97. The Labute approximate surface area is 216 Å². The summed E-state index contributed by atoms with van der Waals surface area (Å²) < 4.78 is 29.8. The van der Waals surface area contributed by atoms with Crippen molar-refractivity contribution in [2.24, 2.45) is 5.92 Å². The fraction of sp³-hybridized carbons (Fsp3) is 0.621. The molecular formula is C29H43NO6. The van der Waals surface area contributed by atoms with Crippen molar-refractivity contribution in [2.45, 2.75) is 63.9 Å². The zero-order chi connectivity index (χ0) is 26.3. The first-order valence-corrected chi connectivity index (χ1v) is 12.8. The van der Waals surface area contributed by atoms with Crippen molar-refractivity contribution in [1.29, 1.82) is 0 Å². The van der Waals surface area contributed by atoms with E-state index in [1.807, 2.05) is 38.4 Å². The first-order valence-electron chi connectivity index (χ1n) is 12.8. The highest BCUT2D eigenvalue weighted by Crippen LogP contribution is 2.52. The number of methoxy groups -OCH3 is 1. The van der Waals surface area contributed by atoms with Crippen LogP contribution in [-0.2, 0) is 23.7 Å². The number of nitrogens with zero attached hydrogens (tertiary/aromatic N) is 1. The number of epoxide rings is 1. The summed E-state index contributed by atoms with van der Waals surface area (Å²) in [6, 6.07) is 7.65. The normalized spacial score (nSPS) is 25.8. The number of hydrogen-bond acceptors (Lipinski definition) is 7. The number of rotatable bonds is 12. The van der Waals surface area contributed by atoms with Crippen molar-refractivity contribution in [1.82, 2.24) is 4.90 Å². The molecule has 0 bridgehead atoms. The zero-order valence-corrected chi connectivity index (χ0v) is 22.9. The van der Waals surface area contributed by atoms with Gasteiger partial charge in [-0.25, -0.2) is 4.79 Å². The molecule has 7 heteroatoms. The summed E-state index contributed by atoms with van der Waals surface area (Å²) in [6.45, 7) is 10.9. The second-order valence-electron chi connectivity index (χ2n) is 10.8. The minimum Gasteiger partial charge on any atom is -0.492 e. The van der Waals surface area contributed by atoms with Gasteiger partial charge >= 0.3 is 5.97 Å². The van der Waals surface area contributed by atoms with Crippen molar-refractivity contribution in [3.05, 3.63) is 47.6 Å². The number of hydrogen-bond donors (Lipinski definition) is 0. The Morgan fingerprint density at radius 3 is 2.50 bits per heavy atom. The van der Waals surface area contributed by atoms with Gasteiger partial charge in [-0.2, -0.15) is 0 Å². The van der Waals surface area contributed by atoms with E-state index in [9.17, 15) is 4.79 Å². The molecule has 1 aromatic carbocycles. The molecule has 0 aromatic heterocycles. The number of benzene rings is 1. The van der Waals surface area contributed by atoms with Crippen LogP contribution in [0.3, 0.4) is 0 Å². The Morgan fingerprint density at radius 1 is 1.22 bits per heavy atom. The average Bonchev–Trinajstić information content (AvgIpc) is 3.58. The number of ether oxygens (including phenoxy) is 5. The molecule has 1 spiro atoms. The van der Waals surface area contributed by atoms with Crippen LogP contribution in [0, 0.1) is 5.92 Å². The van der Waals surface area contributed by atoms with Crippen LogP contribution in [0.2, 0.25) is 0 Å². The highest BCUT2D eigenvalue weighted by Gasteiger charge is 2.64. The molecule has 0 radical (unpaired) electrons. The molecule has 1 aromatic rings. The number of carbonyl (C=O) groups excluding carboxylic acids is 1. The lowest BCUT2D eigenvalue weighted by Gasteiger charge is -2.47. The van der Waals surface area contributed by atoms with Gasteiger partial charge in [-0.05, 0) is 78.4 Å². The Morgan fingerprint density at radius 2 is 1.92 bits per heavy atom. The molecule has 1 saturated carbocycles. The van der Waals surface area contributed by atoms with E-state index in [0.29, 0.717) is 26.2 Å². The SMILES string of the molecule is COC1C(OC(=O)C=Cc2ccc(OCCN(C)C)cc2)CCC2(CO2)C1C(C)(C)OCC=C(C)C. The first-order chi connectivity index (χ1) is 17.1. The quantitative estimate of drug-likeness (QED) is 0.181. The lowest BCUT2D eigenvalue weighted by atomic mass is 9.68. The molecule has 1 heterocycles. The van der Waals surface area contributed by atoms with Crippen LogP contribution in [0.4, 0.5) is 0 Å². The summed E-state index contributed by atoms with van der Waals surface area (Å²) in [7, 11) is 5.69. The highest BCUT2D eigenvalue weighted by molar-refractivity contribution is 5.87. The molecule has 36 heavy (non-hydrogen) atoms. The Kier molecular flexibility index (Phi) is 9.75. The van der Waals surface area contributed by atoms with E-state index in [2.05, 4.69) is 38.7 Å². The summed E-state index contributed by atoms with van der Waals surface area (Å²) in [6.07, 6.45) is 6.10. The van der Waals surface area contributed by atoms with Crippen LogP contribution in [0.1, 0.15) is 46.1 Å². The van der Waals surface area contributed by atoms with Crippen molar-refractivity contribution < 1.29 is 28.5 Å². The minimum absolute atomic E-state index is 0.0591. The smallest absolute Gasteiger partial charge is 0.331 e. The van der Waals surface area contributed by atoms with Crippen LogP contribution in [0.15, 0.2) is 42.0 Å². The lowest BCUT2D eigenvalue weighted by molar-refractivity contribution is -0.189. The Hall–Kier alpha value is -2.19. The standard InChI is InChI=1S/C29H43NO6/c1-21(2)15-18-34-28(3,4)27-26(32-7)24(14-16-29(27)20-35-29)36-25(31)13-10-22-8-11-23(12-9-22)33-19-17-30(5)6/h8-13,15,24,26-27H,14,16-20H2,1-7H3. The molecule has 200 valence electrons. The van der Waals surface area contributed by atoms with E-state index in [-0.39, 0.29) is 29.7 Å². The molecule has 1 saturated heterocycles. The maximum absolute atomic E-state index is 12.7. The van der Waals surface area contributed by atoms with E-state index in [0.717, 1.165) is 24.3 Å². The molecule has 4 unspecified atom stereocenters. The zero-order valence-electron chi connectivity index (χ0n) is 22.9. The van der Waals surface area contributed by atoms with Gasteiger partial charge in [0.15, 0.2) is 0 Å². The molecule has 1 aliphatic heterocycles. The molecule has 2 fully saturated rings. The molecule has 4 atom stereocenters. The van der Waals surface area contributed by atoms with Crippen LogP contribution < -0.4 is 4.74 Å². The minimum atomic E-state index is -0.513. The van der Waals surface area contributed by atoms with Gasteiger partial charge in [-0.3, -0.25) is 0 Å². The van der Waals surface area contributed by atoms with Gasteiger partial charge in [0.05, 0.1) is 24.4 Å². The monoisotopic (exact) mass is 501 g/mol. The van der Waals surface area contributed by atoms with Gasteiger partial charge in [0.1, 0.15) is 24.6 Å². The molecule has 2 aliphatic rings. The maximum atomic E-state index is 12.7. The number of esters is 1. The van der Waals surface area contributed by atoms with Gasteiger partial charge in [0.2, 0.25) is 0 Å². The summed E-state index contributed by atoms with van der Waals surface area (Å²) in [5.41, 5.74) is 1.32. The lowest BCUT2D eigenvalue weighted by Crippen LogP contribution is -2.58. The van der Waals surface area contributed by atoms with E-state index >= 15 is 0 Å². The third kappa shape index (κ3) is 7.65. The Bertz CT molecular complexity index is 912. The predicted molar refractivity (Wildman–Crippen MR) is 141 cm³/mol. The first kappa shape index (κ1) is 28.4. The van der Waals surface area contributed by atoms with Gasteiger partial charge in [-0.1, -0.05) is 23.8 Å². The predicted octanol–water partition coefficient (Wildman–Crippen LogP) is 4.51. The van der Waals surface area contributed by atoms with E-state index < -0.39 is 5.60 Å². The van der Waals surface area contributed by atoms with Gasteiger partial charge in [-0.15, -0.1) is 0 Å². The van der Waals surface area contributed by atoms with Crippen LogP contribution in [-0.4, -0.2) is 81.8 Å². The van der Waals surface area contributed by atoms with Crippen LogP contribution in [0.25, 0.3) is 6.08 Å². The van der Waals surface area contributed by atoms with Crippen LogP contribution in [0.5, 0.6) is 5.75 Å². The third-order valence-corrected chi connectivity index (χ3v) is 6.96. The molecule has 3 rings (SSSR count). The number of allylic oxidation sites excluding steroid dienone is 1. The van der Waals surface area contributed by atoms with E-state index in [4.69, 9.17) is 23.7 Å². The average molecular weight is 502 g/mol. The van der Waals surface area contributed by atoms with Gasteiger partial charge < -0.3 is 28.6 Å². The molecule has 0 N–H and O–H groups in total. The van der Waals surface area contributed by atoms with Crippen molar-refractivity contribution >= 4 is 12.0 Å². The maximum Gasteiger partial charge on any atom is 0.331 e. The molecular weight excluding hydrogens is 458 g/mol. The summed E-state index contributed by atoms with van der Waals surface area (Å²) in [5.74, 6) is 0.359. The van der Waals surface area contributed by atoms with Crippen LogP contribution >= 0.6 is 0 Å². The third-order valence-electron chi connectivity index (χ3n) is 6.96. The second-order valence-corrected chi connectivity index (χ2v) is 10.8. The highest BCUT2D eigenvalue weighted by atomic mass is 16.6. The van der Waals surface area contributed by atoms with Crippen molar-refractivity contribution in [2.75, 3.05) is 47.6 Å². The number of carbonyl (C=O) groups is 1. The molecule has 7 nitrogen and oxygen atoms in total. The second kappa shape index (κ2) is 12.4.